The third-order valence-corrected chi connectivity index (χ3v) is 4.11. The summed E-state index contributed by atoms with van der Waals surface area (Å²) in [6, 6.07) is 16.9. The molecule has 1 aliphatic rings. The van der Waals surface area contributed by atoms with Gasteiger partial charge in [0.25, 0.3) is 0 Å². The van der Waals surface area contributed by atoms with Gasteiger partial charge in [-0.25, -0.2) is 0 Å². The van der Waals surface area contributed by atoms with Crippen molar-refractivity contribution in [1.29, 1.82) is 5.26 Å². The maximum Gasteiger partial charge on any atom is 0.101 e. The molecule has 3 rings (SSSR count). The fourth-order valence-corrected chi connectivity index (χ4v) is 3.06. The minimum absolute atomic E-state index is 0.362. The van der Waals surface area contributed by atoms with Crippen LogP contribution >= 0.6 is 11.6 Å². The van der Waals surface area contributed by atoms with Crippen LogP contribution in [0.15, 0.2) is 42.5 Å². The first kappa shape index (κ1) is 13.0. The number of anilines is 2. The van der Waals surface area contributed by atoms with Crippen molar-refractivity contribution in [2.24, 2.45) is 0 Å². The maximum atomic E-state index is 9.41. The number of halogens is 1. The summed E-state index contributed by atoms with van der Waals surface area (Å²) in [6.07, 6.45) is 1.01. The first-order valence-electron chi connectivity index (χ1n) is 6.70. The highest BCUT2D eigenvalue weighted by Crippen LogP contribution is 2.39. The van der Waals surface area contributed by atoms with Crippen molar-refractivity contribution in [3.8, 4) is 6.07 Å². The van der Waals surface area contributed by atoms with Crippen LogP contribution in [0, 0.1) is 11.3 Å². The smallest absolute Gasteiger partial charge is 0.101 e. The van der Waals surface area contributed by atoms with Crippen molar-refractivity contribution >= 4 is 23.0 Å². The molecule has 1 unspecified atom stereocenters. The Morgan fingerprint density at radius 2 is 2.05 bits per heavy atom. The Hall–Kier alpha value is -1.98. The van der Waals surface area contributed by atoms with Crippen LogP contribution in [0.5, 0.6) is 0 Å². The van der Waals surface area contributed by atoms with Gasteiger partial charge in [0.1, 0.15) is 6.07 Å². The lowest BCUT2D eigenvalue weighted by atomic mass is 10.1. The second kappa shape index (κ2) is 5.19. The summed E-state index contributed by atoms with van der Waals surface area (Å²) >= 11 is 5.85. The molecule has 0 N–H and O–H groups in total. The van der Waals surface area contributed by atoms with Crippen LogP contribution in [-0.4, -0.2) is 6.04 Å². The number of hydrogen-bond donors (Lipinski definition) is 0. The zero-order chi connectivity index (χ0) is 14.1. The molecule has 0 amide bonds. The molecule has 0 saturated carbocycles. The fraction of sp³-hybridized carbons (Fsp3) is 0.235. The molecule has 2 aromatic rings. The Morgan fingerprint density at radius 1 is 1.25 bits per heavy atom. The maximum absolute atomic E-state index is 9.41. The Labute approximate surface area is 124 Å². The molecule has 2 nitrogen and oxygen atoms in total. The molecule has 1 aliphatic heterocycles. The number of benzene rings is 2. The molecule has 1 atom stereocenters. The standard InChI is InChI=1S/C17H15ClN2/c1-12-8-14-4-2-3-5-16(14)20(12)17-7-6-13(10-18)9-15(17)11-19/h2-7,9,12H,8,10H2,1H3. The molecule has 20 heavy (non-hydrogen) atoms. The van der Waals surface area contributed by atoms with E-state index in [9.17, 15) is 5.26 Å². The summed E-state index contributed by atoms with van der Waals surface area (Å²) in [6.45, 7) is 2.19. The monoisotopic (exact) mass is 282 g/mol. The molecule has 0 aromatic heterocycles. The first-order valence-corrected chi connectivity index (χ1v) is 7.24. The molecule has 3 heteroatoms. The fourth-order valence-electron chi connectivity index (χ4n) is 2.90. The second-order valence-corrected chi connectivity index (χ2v) is 5.42. The van der Waals surface area contributed by atoms with Crippen LogP contribution in [-0.2, 0) is 12.3 Å². The molecule has 0 bridgehead atoms. The van der Waals surface area contributed by atoms with Gasteiger partial charge in [0, 0.05) is 17.6 Å². The summed E-state index contributed by atoms with van der Waals surface area (Å²) in [7, 11) is 0. The molecule has 0 aliphatic carbocycles. The number of alkyl halides is 1. The highest BCUT2D eigenvalue weighted by Gasteiger charge is 2.28. The minimum atomic E-state index is 0.362. The van der Waals surface area contributed by atoms with E-state index in [-0.39, 0.29) is 0 Å². The number of nitrogens with zero attached hydrogens (tertiary/aromatic N) is 2. The predicted octanol–water partition coefficient (Wildman–Crippen LogP) is 4.38. The summed E-state index contributed by atoms with van der Waals surface area (Å²) in [5.41, 5.74) is 5.18. The van der Waals surface area contributed by atoms with E-state index in [2.05, 4.69) is 36.1 Å². The van der Waals surface area contributed by atoms with E-state index >= 15 is 0 Å². The largest absolute Gasteiger partial charge is 0.337 e. The van der Waals surface area contributed by atoms with Gasteiger partial charge in [-0.2, -0.15) is 5.26 Å². The van der Waals surface area contributed by atoms with Crippen molar-refractivity contribution < 1.29 is 0 Å². The lowest BCUT2D eigenvalue weighted by Crippen LogP contribution is -2.24. The van der Waals surface area contributed by atoms with Crippen LogP contribution in [0.2, 0.25) is 0 Å². The highest BCUT2D eigenvalue weighted by molar-refractivity contribution is 6.17. The number of rotatable bonds is 2. The van der Waals surface area contributed by atoms with Crippen molar-refractivity contribution in [2.45, 2.75) is 25.3 Å². The molecule has 0 radical (unpaired) electrons. The summed E-state index contributed by atoms with van der Waals surface area (Å²) < 4.78 is 0. The minimum Gasteiger partial charge on any atom is -0.337 e. The van der Waals surface area contributed by atoms with Gasteiger partial charge < -0.3 is 4.90 Å². The normalized spacial score (nSPS) is 16.9. The van der Waals surface area contributed by atoms with Gasteiger partial charge in [-0.1, -0.05) is 24.3 Å². The Kier molecular flexibility index (Phi) is 3.38. The average molecular weight is 283 g/mol. The summed E-state index contributed by atoms with van der Waals surface area (Å²) in [5, 5.41) is 9.41. The number of para-hydroxylation sites is 1. The van der Waals surface area contributed by atoms with E-state index in [0.717, 1.165) is 17.7 Å². The molecule has 0 fully saturated rings. The third kappa shape index (κ3) is 2.05. The topological polar surface area (TPSA) is 27.0 Å². The van der Waals surface area contributed by atoms with Crippen molar-refractivity contribution in [3.63, 3.8) is 0 Å². The van der Waals surface area contributed by atoms with E-state index in [1.165, 1.54) is 11.3 Å². The summed E-state index contributed by atoms with van der Waals surface area (Å²) in [4.78, 5) is 2.26. The van der Waals surface area contributed by atoms with Crippen LogP contribution in [0.3, 0.4) is 0 Å². The van der Waals surface area contributed by atoms with Gasteiger partial charge in [0.2, 0.25) is 0 Å². The third-order valence-electron chi connectivity index (χ3n) is 3.80. The first-order chi connectivity index (χ1) is 9.74. The Balaban J connectivity index is 2.12. The second-order valence-electron chi connectivity index (χ2n) is 5.15. The van der Waals surface area contributed by atoms with Crippen LogP contribution < -0.4 is 4.90 Å². The van der Waals surface area contributed by atoms with E-state index in [1.54, 1.807) is 0 Å². The zero-order valence-corrected chi connectivity index (χ0v) is 12.1. The molecule has 0 saturated heterocycles. The van der Waals surface area contributed by atoms with Gasteiger partial charge >= 0.3 is 0 Å². The van der Waals surface area contributed by atoms with Crippen LogP contribution in [0.25, 0.3) is 0 Å². The van der Waals surface area contributed by atoms with Gasteiger partial charge in [0.15, 0.2) is 0 Å². The number of hydrogen-bond acceptors (Lipinski definition) is 2. The van der Waals surface area contributed by atoms with Gasteiger partial charge in [-0.3, -0.25) is 0 Å². The van der Waals surface area contributed by atoms with Crippen molar-refractivity contribution in [2.75, 3.05) is 4.90 Å². The van der Waals surface area contributed by atoms with E-state index in [0.29, 0.717) is 17.5 Å². The van der Waals surface area contributed by atoms with Crippen LogP contribution in [0.4, 0.5) is 11.4 Å². The average Bonchev–Trinajstić information content (AvgIpc) is 2.82. The highest BCUT2D eigenvalue weighted by atomic mass is 35.5. The van der Waals surface area contributed by atoms with Gasteiger partial charge in [-0.05, 0) is 42.7 Å². The van der Waals surface area contributed by atoms with Crippen molar-refractivity contribution in [3.05, 3.63) is 59.2 Å². The molecule has 2 aromatic carbocycles. The number of fused-ring (bicyclic) bond motifs is 1. The number of nitriles is 1. The molecule has 100 valence electrons. The van der Waals surface area contributed by atoms with E-state index < -0.39 is 0 Å². The Morgan fingerprint density at radius 3 is 2.80 bits per heavy atom. The zero-order valence-electron chi connectivity index (χ0n) is 11.3. The lowest BCUT2D eigenvalue weighted by Gasteiger charge is -2.26. The van der Waals surface area contributed by atoms with Crippen molar-refractivity contribution in [1.82, 2.24) is 0 Å². The van der Waals surface area contributed by atoms with E-state index in [1.807, 2.05) is 24.3 Å². The summed E-state index contributed by atoms with van der Waals surface area (Å²) in [5.74, 6) is 0.432. The SMILES string of the molecule is CC1Cc2ccccc2N1c1ccc(CCl)cc1C#N. The van der Waals surface area contributed by atoms with Gasteiger partial charge in [0.05, 0.1) is 11.3 Å². The molecular weight excluding hydrogens is 268 g/mol. The predicted molar refractivity (Wildman–Crippen MR) is 82.5 cm³/mol. The quantitative estimate of drug-likeness (QED) is 0.764. The molecule has 0 spiro atoms. The molecular formula is C17H15ClN2. The van der Waals surface area contributed by atoms with Gasteiger partial charge in [-0.15, -0.1) is 11.6 Å². The molecule has 1 heterocycles. The van der Waals surface area contributed by atoms with E-state index in [4.69, 9.17) is 11.6 Å². The Bertz CT molecular complexity index is 688. The lowest BCUT2D eigenvalue weighted by molar-refractivity contribution is 0.758. The van der Waals surface area contributed by atoms with Crippen LogP contribution in [0.1, 0.15) is 23.6 Å².